The van der Waals surface area contributed by atoms with Gasteiger partial charge in [-0.1, -0.05) is 12.1 Å². The van der Waals surface area contributed by atoms with Crippen molar-refractivity contribution in [2.75, 3.05) is 27.3 Å². The molecule has 1 aliphatic heterocycles. The second kappa shape index (κ2) is 7.76. The molecule has 2 heterocycles. The first-order valence-electron chi connectivity index (χ1n) is 9.30. The number of carbonyl (C=O) groups is 1. The van der Waals surface area contributed by atoms with Crippen LogP contribution in [0, 0.1) is 0 Å². The minimum atomic E-state index is 0.0560. The van der Waals surface area contributed by atoms with Crippen LogP contribution in [-0.2, 0) is 0 Å². The topological polar surface area (TPSA) is 67.5 Å². The van der Waals surface area contributed by atoms with Gasteiger partial charge in [-0.15, -0.1) is 0 Å². The molecule has 1 fully saturated rings. The van der Waals surface area contributed by atoms with E-state index in [1.54, 1.807) is 20.4 Å². The quantitative estimate of drug-likeness (QED) is 0.736. The number of benzene rings is 2. The van der Waals surface area contributed by atoms with Gasteiger partial charge in [0.25, 0.3) is 5.91 Å². The van der Waals surface area contributed by atoms with E-state index >= 15 is 0 Å². The van der Waals surface area contributed by atoms with E-state index in [4.69, 9.17) is 9.47 Å². The number of amides is 1. The van der Waals surface area contributed by atoms with Crippen LogP contribution >= 0.6 is 0 Å². The first-order chi connectivity index (χ1) is 13.7. The Morgan fingerprint density at radius 3 is 2.61 bits per heavy atom. The molecule has 1 N–H and O–H groups in total. The average Bonchev–Trinajstić information content (AvgIpc) is 3.45. The molecule has 0 aliphatic carbocycles. The number of nitrogens with one attached hydrogen (secondary N) is 1. The summed E-state index contributed by atoms with van der Waals surface area (Å²) in [6.07, 6.45) is 2.62. The van der Waals surface area contributed by atoms with E-state index in [-0.39, 0.29) is 11.8 Å². The number of rotatable bonds is 5. The van der Waals surface area contributed by atoms with Crippen LogP contribution in [0.15, 0.2) is 54.7 Å². The van der Waals surface area contributed by atoms with Gasteiger partial charge < -0.3 is 14.4 Å². The molecule has 1 atom stereocenters. The summed E-state index contributed by atoms with van der Waals surface area (Å²) in [4.78, 5) is 14.9. The predicted octanol–water partition coefficient (Wildman–Crippen LogP) is 3.72. The van der Waals surface area contributed by atoms with Gasteiger partial charge in [-0.25, -0.2) is 0 Å². The number of carbonyl (C=O) groups excluding carboxylic acids is 1. The normalized spacial score (nSPS) is 16.2. The lowest BCUT2D eigenvalue weighted by Crippen LogP contribution is -2.28. The molecule has 1 aliphatic rings. The van der Waals surface area contributed by atoms with Crippen molar-refractivity contribution >= 4 is 5.91 Å². The lowest BCUT2D eigenvalue weighted by Gasteiger charge is -2.18. The van der Waals surface area contributed by atoms with E-state index in [1.807, 2.05) is 53.4 Å². The van der Waals surface area contributed by atoms with Crippen molar-refractivity contribution in [3.05, 3.63) is 65.9 Å². The van der Waals surface area contributed by atoms with E-state index in [9.17, 15) is 4.79 Å². The van der Waals surface area contributed by atoms with Crippen LogP contribution in [0.3, 0.4) is 0 Å². The number of nitrogens with zero attached hydrogens (tertiary/aromatic N) is 2. The van der Waals surface area contributed by atoms with Crippen molar-refractivity contribution in [3.8, 4) is 22.8 Å². The molecule has 0 spiro atoms. The van der Waals surface area contributed by atoms with Gasteiger partial charge in [0.2, 0.25) is 0 Å². The number of aromatic nitrogens is 2. The summed E-state index contributed by atoms with van der Waals surface area (Å²) >= 11 is 0. The van der Waals surface area contributed by atoms with Crippen LogP contribution in [0.25, 0.3) is 11.3 Å². The zero-order valence-corrected chi connectivity index (χ0v) is 16.0. The van der Waals surface area contributed by atoms with Crippen LogP contribution in [0.1, 0.15) is 28.3 Å². The Hall–Kier alpha value is -3.28. The fourth-order valence-corrected chi connectivity index (χ4v) is 3.75. The first-order valence-corrected chi connectivity index (χ1v) is 9.30. The standard InChI is InChI=1S/C22H23N3O3/c1-27-18-7-8-21(28-2)19(13-18)17-10-12-25(14-17)22(26)16-5-3-15(4-6-16)20-9-11-23-24-20/h3-9,11,13,17H,10,12,14H2,1-2H3,(H,23,24)/t17-/m0/s1. The maximum absolute atomic E-state index is 12.9. The maximum Gasteiger partial charge on any atom is 0.253 e. The smallest absolute Gasteiger partial charge is 0.253 e. The zero-order chi connectivity index (χ0) is 19.5. The van der Waals surface area contributed by atoms with Crippen LogP contribution in [0.5, 0.6) is 11.5 Å². The zero-order valence-electron chi connectivity index (χ0n) is 16.0. The molecule has 1 amide bonds. The Bertz CT molecular complexity index is 952. The number of aromatic amines is 1. The Balaban J connectivity index is 1.49. The van der Waals surface area contributed by atoms with Crippen LogP contribution in [0.2, 0.25) is 0 Å². The first kappa shape index (κ1) is 18.1. The monoisotopic (exact) mass is 377 g/mol. The van der Waals surface area contributed by atoms with Gasteiger partial charge in [-0.2, -0.15) is 5.10 Å². The summed E-state index contributed by atoms with van der Waals surface area (Å²) in [6.45, 7) is 1.40. The SMILES string of the molecule is COc1ccc(OC)c([C@H]2CCN(C(=O)c3ccc(-c4ccn[nH]4)cc3)C2)c1. The molecular formula is C22H23N3O3. The van der Waals surface area contributed by atoms with E-state index in [2.05, 4.69) is 10.2 Å². The molecule has 1 aromatic heterocycles. The molecule has 4 rings (SSSR count). The number of H-pyrrole nitrogens is 1. The number of methoxy groups -OCH3 is 2. The number of likely N-dealkylation sites (tertiary alicyclic amines) is 1. The van der Waals surface area contributed by atoms with Gasteiger partial charge in [-0.3, -0.25) is 9.89 Å². The molecule has 0 radical (unpaired) electrons. The third-order valence-electron chi connectivity index (χ3n) is 5.30. The fourth-order valence-electron chi connectivity index (χ4n) is 3.75. The Morgan fingerprint density at radius 2 is 1.93 bits per heavy atom. The lowest BCUT2D eigenvalue weighted by molar-refractivity contribution is 0.0790. The number of hydrogen-bond acceptors (Lipinski definition) is 4. The summed E-state index contributed by atoms with van der Waals surface area (Å²) in [7, 11) is 3.33. The van der Waals surface area contributed by atoms with Gasteiger partial charge in [0, 0.05) is 36.3 Å². The van der Waals surface area contributed by atoms with Crippen molar-refractivity contribution in [1.82, 2.24) is 15.1 Å². The number of ether oxygens (including phenoxy) is 2. The average molecular weight is 377 g/mol. The lowest BCUT2D eigenvalue weighted by atomic mass is 9.97. The predicted molar refractivity (Wildman–Crippen MR) is 107 cm³/mol. The summed E-state index contributed by atoms with van der Waals surface area (Å²) in [6, 6.07) is 15.4. The van der Waals surface area contributed by atoms with Gasteiger partial charge in [0.15, 0.2) is 0 Å². The molecule has 2 aromatic carbocycles. The van der Waals surface area contributed by atoms with E-state index in [0.717, 1.165) is 41.3 Å². The minimum Gasteiger partial charge on any atom is -0.497 e. The van der Waals surface area contributed by atoms with Crippen LogP contribution < -0.4 is 9.47 Å². The molecular weight excluding hydrogens is 354 g/mol. The molecule has 144 valence electrons. The van der Waals surface area contributed by atoms with E-state index in [1.165, 1.54) is 0 Å². The highest BCUT2D eigenvalue weighted by molar-refractivity contribution is 5.95. The highest BCUT2D eigenvalue weighted by Crippen LogP contribution is 2.36. The molecule has 0 bridgehead atoms. The second-order valence-corrected chi connectivity index (χ2v) is 6.89. The van der Waals surface area contributed by atoms with Crippen LogP contribution in [-0.4, -0.2) is 48.3 Å². The van der Waals surface area contributed by atoms with Crippen molar-refractivity contribution in [2.24, 2.45) is 0 Å². The van der Waals surface area contributed by atoms with Crippen molar-refractivity contribution in [2.45, 2.75) is 12.3 Å². The van der Waals surface area contributed by atoms with Crippen molar-refractivity contribution in [3.63, 3.8) is 0 Å². The highest BCUT2D eigenvalue weighted by Gasteiger charge is 2.30. The van der Waals surface area contributed by atoms with Gasteiger partial charge in [-0.05, 0) is 48.4 Å². The maximum atomic E-state index is 12.9. The molecule has 0 unspecified atom stereocenters. The largest absolute Gasteiger partial charge is 0.497 e. The van der Waals surface area contributed by atoms with Gasteiger partial charge in [0.1, 0.15) is 11.5 Å². The Kier molecular flexibility index (Phi) is 5.02. The Morgan fingerprint density at radius 1 is 1.11 bits per heavy atom. The third kappa shape index (κ3) is 3.45. The van der Waals surface area contributed by atoms with Crippen molar-refractivity contribution in [1.29, 1.82) is 0 Å². The molecule has 6 nitrogen and oxygen atoms in total. The molecule has 3 aromatic rings. The minimum absolute atomic E-state index is 0.0560. The second-order valence-electron chi connectivity index (χ2n) is 6.89. The number of hydrogen-bond donors (Lipinski definition) is 1. The molecule has 6 heteroatoms. The summed E-state index contributed by atoms with van der Waals surface area (Å²) in [5, 5.41) is 6.90. The van der Waals surface area contributed by atoms with E-state index < -0.39 is 0 Å². The summed E-state index contributed by atoms with van der Waals surface area (Å²) in [5.74, 6) is 1.93. The Labute approximate surface area is 164 Å². The fraction of sp³-hybridized carbons (Fsp3) is 0.273. The van der Waals surface area contributed by atoms with Crippen molar-refractivity contribution < 1.29 is 14.3 Å². The van der Waals surface area contributed by atoms with Gasteiger partial charge >= 0.3 is 0 Å². The van der Waals surface area contributed by atoms with E-state index in [0.29, 0.717) is 12.1 Å². The molecule has 0 saturated carbocycles. The highest BCUT2D eigenvalue weighted by atomic mass is 16.5. The molecule has 1 saturated heterocycles. The summed E-state index contributed by atoms with van der Waals surface area (Å²) < 4.78 is 10.9. The third-order valence-corrected chi connectivity index (χ3v) is 5.30. The molecule has 28 heavy (non-hydrogen) atoms. The van der Waals surface area contributed by atoms with Gasteiger partial charge in [0.05, 0.1) is 19.9 Å². The van der Waals surface area contributed by atoms with Crippen LogP contribution in [0.4, 0.5) is 0 Å². The summed E-state index contributed by atoms with van der Waals surface area (Å²) in [5.41, 5.74) is 3.73.